The Balaban J connectivity index is 2.02. The molecule has 82 valence electrons. The van der Waals surface area contributed by atoms with E-state index in [0.717, 1.165) is 16.6 Å². The van der Waals surface area contributed by atoms with Gasteiger partial charge < -0.3 is 4.74 Å². The molecule has 0 bridgehead atoms. The summed E-state index contributed by atoms with van der Waals surface area (Å²) in [5.41, 5.74) is 0.229. The fraction of sp³-hybridized carbons (Fsp3) is 0.500. The quantitative estimate of drug-likeness (QED) is 0.729. The zero-order chi connectivity index (χ0) is 11.1. The van der Waals surface area contributed by atoms with Crippen LogP contribution in [0.15, 0.2) is 28.7 Å². The van der Waals surface area contributed by atoms with Crippen molar-refractivity contribution in [2.75, 3.05) is 0 Å². The van der Waals surface area contributed by atoms with E-state index >= 15 is 0 Å². The van der Waals surface area contributed by atoms with Crippen molar-refractivity contribution in [2.45, 2.75) is 31.2 Å². The Hall–Kier alpha value is -0.0200. The van der Waals surface area contributed by atoms with Gasteiger partial charge in [-0.15, -0.1) is 0 Å². The lowest BCUT2D eigenvalue weighted by molar-refractivity contribution is -0.00779. The topological polar surface area (TPSA) is 9.23 Å². The van der Waals surface area contributed by atoms with Gasteiger partial charge in [0.1, 0.15) is 11.9 Å². The normalized spacial score (nSPS) is 28.3. The molecule has 0 N–H and O–H groups in total. The highest BCUT2D eigenvalue weighted by molar-refractivity contribution is 9.10. The average Bonchev–Trinajstić information content (AvgIpc) is 2.21. The van der Waals surface area contributed by atoms with Crippen molar-refractivity contribution in [1.82, 2.24) is 0 Å². The highest BCUT2D eigenvalue weighted by Gasteiger charge is 2.48. The van der Waals surface area contributed by atoms with Gasteiger partial charge in [0.2, 0.25) is 0 Å². The van der Waals surface area contributed by atoms with Crippen LogP contribution in [0.2, 0.25) is 0 Å². The van der Waals surface area contributed by atoms with E-state index in [9.17, 15) is 0 Å². The summed E-state index contributed by atoms with van der Waals surface area (Å²) in [5, 5.41) is 0. The summed E-state index contributed by atoms with van der Waals surface area (Å²) in [6.45, 7) is 4.47. The summed E-state index contributed by atoms with van der Waals surface area (Å²) in [7, 11) is 0. The van der Waals surface area contributed by atoms with Gasteiger partial charge in [0.15, 0.2) is 0 Å². The SMILES string of the molecule is CC1(C)C(Br)CC1Oc1ccc(Br)cc1. The fourth-order valence-electron chi connectivity index (χ4n) is 1.71. The van der Waals surface area contributed by atoms with E-state index < -0.39 is 0 Å². The molecule has 0 heterocycles. The van der Waals surface area contributed by atoms with Crippen molar-refractivity contribution in [3.63, 3.8) is 0 Å². The van der Waals surface area contributed by atoms with Crippen molar-refractivity contribution in [3.8, 4) is 5.75 Å². The largest absolute Gasteiger partial charge is 0.490 e. The van der Waals surface area contributed by atoms with E-state index in [4.69, 9.17) is 4.74 Å². The number of alkyl halides is 1. The maximum Gasteiger partial charge on any atom is 0.119 e. The molecule has 2 unspecified atom stereocenters. The zero-order valence-electron chi connectivity index (χ0n) is 8.84. The second-order valence-electron chi connectivity index (χ2n) is 4.59. The lowest BCUT2D eigenvalue weighted by Crippen LogP contribution is -2.53. The number of rotatable bonds is 2. The Kier molecular flexibility index (Phi) is 3.13. The molecular formula is C12H14Br2O. The second-order valence-corrected chi connectivity index (χ2v) is 6.61. The number of benzene rings is 1. The summed E-state index contributed by atoms with van der Waals surface area (Å²) in [6, 6.07) is 8.02. The third-order valence-corrected chi connectivity index (χ3v) is 5.23. The van der Waals surface area contributed by atoms with Crippen LogP contribution in [-0.2, 0) is 0 Å². The maximum atomic E-state index is 5.94. The first-order valence-corrected chi connectivity index (χ1v) is 6.77. The molecule has 1 fully saturated rings. The minimum absolute atomic E-state index is 0.229. The summed E-state index contributed by atoms with van der Waals surface area (Å²) in [4.78, 5) is 0.574. The van der Waals surface area contributed by atoms with Crippen LogP contribution in [0.5, 0.6) is 5.75 Å². The van der Waals surface area contributed by atoms with Crippen molar-refractivity contribution in [2.24, 2.45) is 5.41 Å². The van der Waals surface area contributed by atoms with E-state index in [2.05, 4.69) is 45.7 Å². The Labute approximate surface area is 107 Å². The minimum Gasteiger partial charge on any atom is -0.490 e. The molecule has 15 heavy (non-hydrogen) atoms. The monoisotopic (exact) mass is 332 g/mol. The Bertz CT molecular complexity index is 345. The number of hydrogen-bond acceptors (Lipinski definition) is 1. The summed E-state index contributed by atoms with van der Waals surface area (Å²) in [6.07, 6.45) is 1.41. The van der Waals surface area contributed by atoms with Gasteiger partial charge in [-0.3, -0.25) is 0 Å². The molecule has 0 saturated heterocycles. The van der Waals surface area contributed by atoms with Gasteiger partial charge >= 0.3 is 0 Å². The molecule has 1 nitrogen and oxygen atoms in total. The predicted molar refractivity (Wildman–Crippen MR) is 69.7 cm³/mol. The molecule has 0 spiro atoms. The summed E-state index contributed by atoms with van der Waals surface area (Å²) in [5.74, 6) is 0.954. The van der Waals surface area contributed by atoms with Gasteiger partial charge in [-0.25, -0.2) is 0 Å². The van der Waals surface area contributed by atoms with Gasteiger partial charge in [-0.1, -0.05) is 45.7 Å². The highest BCUT2D eigenvalue weighted by atomic mass is 79.9. The van der Waals surface area contributed by atoms with Crippen molar-refractivity contribution >= 4 is 31.9 Å². The lowest BCUT2D eigenvalue weighted by Gasteiger charge is -2.48. The molecule has 0 amide bonds. The van der Waals surface area contributed by atoms with Gasteiger partial charge in [-0.2, -0.15) is 0 Å². The van der Waals surface area contributed by atoms with E-state index in [0.29, 0.717) is 10.9 Å². The molecule has 1 aromatic rings. The minimum atomic E-state index is 0.229. The molecule has 1 aromatic carbocycles. The molecule has 2 atom stereocenters. The maximum absolute atomic E-state index is 5.94. The molecule has 0 aliphatic heterocycles. The Morgan fingerprint density at radius 3 is 2.33 bits per heavy atom. The second kappa shape index (κ2) is 4.10. The molecule has 0 radical (unpaired) electrons. The highest BCUT2D eigenvalue weighted by Crippen LogP contribution is 2.47. The van der Waals surface area contributed by atoms with Crippen LogP contribution in [0.1, 0.15) is 20.3 Å². The van der Waals surface area contributed by atoms with E-state index in [1.54, 1.807) is 0 Å². The van der Waals surface area contributed by atoms with E-state index in [1.165, 1.54) is 0 Å². The first-order chi connectivity index (χ1) is 7.00. The van der Waals surface area contributed by atoms with E-state index in [1.807, 2.05) is 24.3 Å². The third kappa shape index (κ3) is 2.23. The summed E-state index contributed by atoms with van der Waals surface area (Å²) < 4.78 is 7.02. The van der Waals surface area contributed by atoms with Crippen LogP contribution < -0.4 is 4.74 Å². The molecule has 1 aliphatic carbocycles. The standard InChI is InChI=1S/C12H14Br2O/c1-12(2)10(14)7-11(12)15-9-5-3-8(13)4-6-9/h3-6,10-11H,7H2,1-2H3. The molecule has 0 aromatic heterocycles. The van der Waals surface area contributed by atoms with Gasteiger partial charge in [0, 0.05) is 14.7 Å². The first-order valence-electron chi connectivity index (χ1n) is 5.06. The summed E-state index contributed by atoms with van der Waals surface area (Å²) >= 11 is 7.07. The zero-order valence-corrected chi connectivity index (χ0v) is 12.0. The van der Waals surface area contributed by atoms with Crippen LogP contribution >= 0.6 is 31.9 Å². The van der Waals surface area contributed by atoms with E-state index in [-0.39, 0.29) is 5.41 Å². The molecule has 3 heteroatoms. The predicted octanol–water partition coefficient (Wildman–Crippen LogP) is 4.39. The molecule has 2 rings (SSSR count). The number of halogens is 2. The van der Waals surface area contributed by atoms with Crippen LogP contribution in [0.4, 0.5) is 0 Å². The van der Waals surface area contributed by atoms with Crippen LogP contribution in [0.3, 0.4) is 0 Å². The van der Waals surface area contributed by atoms with Crippen LogP contribution in [0, 0.1) is 5.41 Å². The van der Waals surface area contributed by atoms with Crippen LogP contribution in [0.25, 0.3) is 0 Å². The number of hydrogen-bond donors (Lipinski definition) is 0. The van der Waals surface area contributed by atoms with Crippen LogP contribution in [-0.4, -0.2) is 10.9 Å². The lowest BCUT2D eigenvalue weighted by atomic mass is 9.69. The Morgan fingerprint density at radius 1 is 1.27 bits per heavy atom. The van der Waals surface area contributed by atoms with Gasteiger partial charge in [0.25, 0.3) is 0 Å². The molecular weight excluding hydrogens is 320 g/mol. The van der Waals surface area contributed by atoms with Gasteiger partial charge in [0.05, 0.1) is 0 Å². The van der Waals surface area contributed by atoms with Crippen molar-refractivity contribution < 1.29 is 4.74 Å². The molecule has 1 aliphatic rings. The average molecular weight is 334 g/mol. The van der Waals surface area contributed by atoms with Crippen molar-refractivity contribution in [3.05, 3.63) is 28.7 Å². The van der Waals surface area contributed by atoms with Gasteiger partial charge in [-0.05, 0) is 30.7 Å². The van der Waals surface area contributed by atoms with Crippen molar-refractivity contribution in [1.29, 1.82) is 0 Å². The fourth-order valence-corrected chi connectivity index (χ4v) is 2.61. The molecule has 1 saturated carbocycles. The smallest absolute Gasteiger partial charge is 0.119 e. The number of ether oxygens (including phenoxy) is 1. The Morgan fingerprint density at radius 2 is 1.87 bits per heavy atom. The first kappa shape index (κ1) is 11.5. The third-order valence-electron chi connectivity index (χ3n) is 3.15.